The lowest BCUT2D eigenvalue weighted by Crippen LogP contribution is -2.25. The number of aromatic carboxylic acids is 1. The maximum atomic E-state index is 11.3. The van der Waals surface area contributed by atoms with Crippen molar-refractivity contribution < 1.29 is 14.7 Å². The molecule has 92 valence electrons. The number of amides is 1. The Kier molecular flexibility index (Phi) is 5.48. The van der Waals surface area contributed by atoms with Gasteiger partial charge in [-0.1, -0.05) is 18.7 Å². The average Bonchev–Trinajstić information content (AvgIpc) is 2.34. The fraction of sp³-hybridized carbons (Fsp3) is 0.364. The summed E-state index contributed by atoms with van der Waals surface area (Å²) >= 11 is 1.22. The highest BCUT2D eigenvalue weighted by Crippen LogP contribution is 2.15. The van der Waals surface area contributed by atoms with Crippen LogP contribution in [0.1, 0.15) is 23.7 Å². The first-order valence-electron chi connectivity index (χ1n) is 5.22. The van der Waals surface area contributed by atoms with E-state index in [2.05, 4.69) is 10.3 Å². The fourth-order valence-electron chi connectivity index (χ4n) is 1.08. The van der Waals surface area contributed by atoms with Crippen molar-refractivity contribution in [2.24, 2.45) is 0 Å². The maximum absolute atomic E-state index is 11.3. The fourth-order valence-corrected chi connectivity index (χ4v) is 1.80. The Bertz CT molecular complexity index is 409. The summed E-state index contributed by atoms with van der Waals surface area (Å²) in [4.78, 5) is 26.0. The van der Waals surface area contributed by atoms with Gasteiger partial charge in [0, 0.05) is 12.7 Å². The smallest absolute Gasteiger partial charge is 0.335 e. The molecular weight excluding hydrogens is 240 g/mol. The summed E-state index contributed by atoms with van der Waals surface area (Å²) in [5.41, 5.74) is 0.177. The molecule has 2 N–H and O–H groups in total. The third kappa shape index (κ3) is 4.86. The zero-order valence-electron chi connectivity index (χ0n) is 9.47. The number of carboxylic acid groups (broad SMARTS) is 1. The Labute approximate surface area is 104 Å². The molecule has 0 aliphatic carbocycles. The van der Waals surface area contributed by atoms with E-state index < -0.39 is 5.97 Å². The van der Waals surface area contributed by atoms with E-state index in [0.717, 1.165) is 6.42 Å². The number of hydrogen-bond donors (Lipinski definition) is 2. The SMILES string of the molecule is CCCNC(=O)CSc1cc(C(=O)O)ccn1. The number of rotatable bonds is 6. The van der Waals surface area contributed by atoms with Crippen molar-refractivity contribution in [2.45, 2.75) is 18.4 Å². The maximum Gasteiger partial charge on any atom is 0.335 e. The molecular formula is C11H14N2O3S. The van der Waals surface area contributed by atoms with Crippen LogP contribution in [0.5, 0.6) is 0 Å². The van der Waals surface area contributed by atoms with Crippen LogP contribution in [0.3, 0.4) is 0 Å². The lowest BCUT2D eigenvalue weighted by molar-refractivity contribution is -0.118. The van der Waals surface area contributed by atoms with Crippen molar-refractivity contribution in [1.82, 2.24) is 10.3 Å². The van der Waals surface area contributed by atoms with Gasteiger partial charge in [0.2, 0.25) is 5.91 Å². The van der Waals surface area contributed by atoms with Gasteiger partial charge >= 0.3 is 5.97 Å². The number of carbonyl (C=O) groups is 2. The number of thioether (sulfide) groups is 1. The summed E-state index contributed by atoms with van der Waals surface area (Å²) < 4.78 is 0. The molecule has 0 aromatic carbocycles. The number of aromatic nitrogens is 1. The van der Waals surface area contributed by atoms with Gasteiger partial charge in [0.15, 0.2) is 0 Å². The van der Waals surface area contributed by atoms with Crippen LogP contribution in [-0.2, 0) is 4.79 Å². The van der Waals surface area contributed by atoms with Crippen molar-refractivity contribution in [3.05, 3.63) is 23.9 Å². The quantitative estimate of drug-likeness (QED) is 0.750. The molecule has 6 heteroatoms. The molecule has 0 saturated carbocycles. The first kappa shape index (κ1) is 13.5. The van der Waals surface area contributed by atoms with Crippen LogP contribution in [0.25, 0.3) is 0 Å². The predicted molar refractivity (Wildman–Crippen MR) is 65.2 cm³/mol. The van der Waals surface area contributed by atoms with Gasteiger partial charge in [0.25, 0.3) is 0 Å². The predicted octanol–water partition coefficient (Wildman–Crippen LogP) is 1.40. The zero-order valence-corrected chi connectivity index (χ0v) is 10.3. The van der Waals surface area contributed by atoms with Gasteiger partial charge in [0.1, 0.15) is 0 Å². The first-order valence-corrected chi connectivity index (χ1v) is 6.21. The molecule has 1 rings (SSSR count). The lowest BCUT2D eigenvalue weighted by atomic mass is 10.3. The topological polar surface area (TPSA) is 79.3 Å². The van der Waals surface area contributed by atoms with E-state index in [1.807, 2.05) is 6.92 Å². The van der Waals surface area contributed by atoms with Crippen LogP contribution in [0.15, 0.2) is 23.4 Å². The minimum Gasteiger partial charge on any atom is -0.478 e. The minimum atomic E-state index is -0.996. The summed E-state index contributed by atoms with van der Waals surface area (Å²) in [5.74, 6) is -0.820. The second kappa shape index (κ2) is 6.90. The number of nitrogens with one attached hydrogen (secondary N) is 1. The third-order valence-electron chi connectivity index (χ3n) is 1.91. The van der Waals surface area contributed by atoms with Crippen LogP contribution >= 0.6 is 11.8 Å². The first-order chi connectivity index (χ1) is 8.13. The van der Waals surface area contributed by atoms with Gasteiger partial charge in [0.05, 0.1) is 16.3 Å². The number of nitrogens with zero attached hydrogens (tertiary/aromatic N) is 1. The van der Waals surface area contributed by atoms with E-state index in [-0.39, 0.29) is 17.2 Å². The number of carbonyl (C=O) groups excluding carboxylic acids is 1. The van der Waals surface area contributed by atoms with Crippen molar-refractivity contribution in [3.63, 3.8) is 0 Å². The van der Waals surface area contributed by atoms with Crippen LogP contribution in [0.2, 0.25) is 0 Å². The van der Waals surface area contributed by atoms with Crippen LogP contribution in [0.4, 0.5) is 0 Å². The van der Waals surface area contributed by atoms with Gasteiger partial charge in [-0.05, 0) is 18.6 Å². The Morgan fingerprint density at radius 3 is 2.94 bits per heavy atom. The highest BCUT2D eigenvalue weighted by Gasteiger charge is 2.06. The summed E-state index contributed by atoms with van der Waals surface area (Å²) in [5, 5.41) is 12.1. The summed E-state index contributed by atoms with van der Waals surface area (Å²) in [6, 6.07) is 2.88. The molecule has 1 aromatic rings. The molecule has 0 aliphatic heterocycles. The van der Waals surface area contributed by atoms with E-state index in [1.165, 1.54) is 30.1 Å². The van der Waals surface area contributed by atoms with E-state index in [0.29, 0.717) is 11.6 Å². The summed E-state index contributed by atoms with van der Waals surface area (Å²) in [7, 11) is 0. The van der Waals surface area contributed by atoms with E-state index in [9.17, 15) is 9.59 Å². The molecule has 0 fully saturated rings. The zero-order chi connectivity index (χ0) is 12.7. The molecule has 0 aliphatic rings. The molecule has 0 saturated heterocycles. The van der Waals surface area contributed by atoms with Crippen LogP contribution < -0.4 is 5.32 Å². The monoisotopic (exact) mass is 254 g/mol. The average molecular weight is 254 g/mol. The van der Waals surface area contributed by atoms with Crippen molar-refractivity contribution >= 4 is 23.6 Å². The van der Waals surface area contributed by atoms with Gasteiger partial charge in [-0.3, -0.25) is 4.79 Å². The normalized spacial score (nSPS) is 9.94. The number of carboxylic acids is 1. The lowest BCUT2D eigenvalue weighted by Gasteiger charge is -2.03. The Hall–Kier alpha value is -1.56. The largest absolute Gasteiger partial charge is 0.478 e. The minimum absolute atomic E-state index is 0.0700. The van der Waals surface area contributed by atoms with Gasteiger partial charge in [-0.15, -0.1) is 0 Å². The summed E-state index contributed by atoms with van der Waals surface area (Å²) in [6.07, 6.45) is 2.32. The third-order valence-corrected chi connectivity index (χ3v) is 2.83. The second-order valence-corrected chi connectivity index (χ2v) is 4.32. The van der Waals surface area contributed by atoms with E-state index in [1.54, 1.807) is 0 Å². The Morgan fingerprint density at radius 1 is 1.53 bits per heavy atom. The van der Waals surface area contributed by atoms with E-state index in [4.69, 9.17) is 5.11 Å². The Balaban J connectivity index is 2.49. The molecule has 1 amide bonds. The second-order valence-electron chi connectivity index (χ2n) is 3.33. The molecule has 0 spiro atoms. The highest BCUT2D eigenvalue weighted by atomic mass is 32.2. The molecule has 0 radical (unpaired) electrons. The van der Waals surface area contributed by atoms with E-state index >= 15 is 0 Å². The standard InChI is InChI=1S/C11H14N2O3S/c1-2-4-12-9(14)7-17-10-6-8(11(15)16)3-5-13-10/h3,5-6H,2,4,7H2,1H3,(H,12,14)(H,15,16). The molecule has 1 heterocycles. The number of hydrogen-bond acceptors (Lipinski definition) is 4. The molecule has 5 nitrogen and oxygen atoms in total. The van der Waals surface area contributed by atoms with Crippen molar-refractivity contribution in [3.8, 4) is 0 Å². The number of pyridine rings is 1. The molecule has 17 heavy (non-hydrogen) atoms. The molecule has 0 bridgehead atoms. The van der Waals surface area contributed by atoms with Crippen LogP contribution in [-0.4, -0.2) is 34.3 Å². The van der Waals surface area contributed by atoms with Crippen molar-refractivity contribution in [2.75, 3.05) is 12.3 Å². The summed E-state index contributed by atoms with van der Waals surface area (Å²) in [6.45, 7) is 2.63. The molecule has 1 aromatic heterocycles. The van der Waals surface area contributed by atoms with Gasteiger partial charge in [-0.25, -0.2) is 9.78 Å². The van der Waals surface area contributed by atoms with Gasteiger partial charge in [-0.2, -0.15) is 0 Å². The van der Waals surface area contributed by atoms with Crippen molar-refractivity contribution in [1.29, 1.82) is 0 Å². The Morgan fingerprint density at radius 2 is 2.29 bits per heavy atom. The highest BCUT2D eigenvalue weighted by molar-refractivity contribution is 7.99. The molecule has 0 unspecified atom stereocenters. The van der Waals surface area contributed by atoms with Crippen LogP contribution in [0, 0.1) is 0 Å². The van der Waals surface area contributed by atoms with Gasteiger partial charge < -0.3 is 10.4 Å². The molecule has 0 atom stereocenters.